The van der Waals surface area contributed by atoms with Crippen LogP contribution >= 0.6 is 0 Å². The summed E-state index contributed by atoms with van der Waals surface area (Å²) in [5.41, 5.74) is -1.02. The van der Waals surface area contributed by atoms with Crippen LogP contribution in [0.3, 0.4) is 0 Å². The summed E-state index contributed by atoms with van der Waals surface area (Å²) < 4.78 is 44.8. The molecular weight excluding hydrogens is 481 g/mol. The number of hydrogen-bond acceptors (Lipinski definition) is 5. The van der Waals surface area contributed by atoms with Gasteiger partial charge in [0.1, 0.15) is 12.0 Å². The van der Waals surface area contributed by atoms with Gasteiger partial charge in [0.2, 0.25) is 0 Å². The van der Waals surface area contributed by atoms with Gasteiger partial charge in [-0.2, -0.15) is 13.2 Å². The summed E-state index contributed by atoms with van der Waals surface area (Å²) in [6, 6.07) is 9.41. The highest BCUT2D eigenvalue weighted by molar-refractivity contribution is 5.82. The third kappa shape index (κ3) is 6.81. The molecule has 0 N–H and O–H groups in total. The largest absolute Gasteiger partial charge is 0.417 e. The highest BCUT2D eigenvalue weighted by Gasteiger charge is 2.35. The number of benzene rings is 1. The maximum atomic E-state index is 14.0. The van der Waals surface area contributed by atoms with Gasteiger partial charge in [0, 0.05) is 12.1 Å². The lowest BCUT2D eigenvalue weighted by atomic mass is 10.1. The summed E-state index contributed by atoms with van der Waals surface area (Å²) >= 11 is 0. The van der Waals surface area contributed by atoms with Crippen molar-refractivity contribution in [1.29, 1.82) is 0 Å². The summed E-state index contributed by atoms with van der Waals surface area (Å²) in [5, 5.41) is 7.64. The summed E-state index contributed by atoms with van der Waals surface area (Å²) in [5.74, 6) is 0. The zero-order chi connectivity index (χ0) is 26.3. The first-order chi connectivity index (χ1) is 17.9. The summed E-state index contributed by atoms with van der Waals surface area (Å²) in [6.07, 6.45) is 7.79. The minimum absolute atomic E-state index is 0.0308. The molecule has 0 saturated heterocycles. The average molecular weight is 513 g/mol. The smallest absolute Gasteiger partial charge is 0.292 e. The molecule has 7 nitrogen and oxygen atoms in total. The predicted molar refractivity (Wildman–Crippen MR) is 136 cm³/mol. The lowest BCUT2D eigenvalue weighted by Crippen LogP contribution is -2.24. The van der Waals surface area contributed by atoms with E-state index in [0.29, 0.717) is 17.8 Å². The van der Waals surface area contributed by atoms with Gasteiger partial charge in [-0.1, -0.05) is 87.4 Å². The molecule has 0 bridgehead atoms. The van der Waals surface area contributed by atoms with E-state index in [-0.39, 0.29) is 17.9 Å². The number of rotatable bonds is 12. The minimum Gasteiger partial charge on any atom is -0.292 e. The second-order valence-electron chi connectivity index (χ2n) is 9.24. The van der Waals surface area contributed by atoms with E-state index in [0.717, 1.165) is 23.5 Å². The minimum atomic E-state index is -4.75. The van der Waals surface area contributed by atoms with Gasteiger partial charge in [-0.25, -0.2) is 9.97 Å². The van der Waals surface area contributed by atoms with Crippen LogP contribution in [-0.2, 0) is 19.3 Å². The van der Waals surface area contributed by atoms with Crippen LogP contribution in [0.5, 0.6) is 0 Å². The molecule has 0 atom stereocenters. The Morgan fingerprint density at radius 1 is 0.946 bits per heavy atom. The summed E-state index contributed by atoms with van der Waals surface area (Å²) in [4.78, 5) is 21.5. The zero-order valence-corrected chi connectivity index (χ0v) is 20.9. The van der Waals surface area contributed by atoms with Crippen molar-refractivity contribution in [2.45, 2.75) is 77.6 Å². The summed E-state index contributed by atoms with van der Waals surface area (Å²) in [7, 11) is 0. The van der Waals surface area contributed by atoms with Gasteiger partial charge >= 0.3 is 6.18 Å². The van der Waals surface area contributed by atoms with Crippen molar-refractivity contribution in [3.05, 3.63) is 70.5 Å². The van der Waals surface area contributed by atoms with Crippen LogP contribution in [0.2, 0.25) is 0 Å². The number of hydrogen-bond donors (Lipinski definition) is 0. The molecular formula is C27H31F3N6O. The van der Waals surface area contributed by atoms with Crippen molar-refractivity contribution in [1.82, 2.24) is 29.5 Å². The van der Waals surface area contributed by atoms with Gasteiger partial charge in [-0.05, 0) is 12.5 Å². The molecule has 1 aromatic carbocycles. The quantitative estimate of drug-likeness (QED) is 0.210. The number of nitrogens with zero attached hydrogens (tertiary/aromatic N) is 6. The molecule has 10 heteroatoms. The Morgan fingerprint density at radius 3 is 2.35 bits per heavy atom. The number of aromatic nitrogens is 6. The van der Waals surface area contributed by atoms with E-state index >= 15 is 0 Å². The summed E-state index contributed by atoms with van der Waals surface area (Å²) in [6.45, 7) is 2.88. The monoisotopic (exact) mass is 512 g/mol. The molecule has 0 aliphatic heterocycles. The normalized spacial score (nSPS) is 11.9. The number of alkyl halides is 3. The third-order valence-corrected chi connectivity index (χ3v) is 6.33. The molecule has 3 aromatic heterocycles. The average Bonchev–Trinajstić information content (AvgIpc) is 3.34. The van der Waals surface area contributed by atoms with Gasteiger partial charge in [-0.15, -0.1) is 5.10 Å². The van der Waals surface area contributed by atoms with Crippen LogP contribution in [0.15, 0.2) is 53.7 Å². The lowest BCUT2D eigenvalue weighted by molar-refractivity contribution is -0.136. The van der Waals surface area contributed by atoms with Crippen molar-refractivity contribution in [3.63, 3.8) is 0 Å². The van der Waals surface area contributed by atoms with E-state index < -0.39 is 22.7 Å². The van der Waals surface area contributed by atoms with Crippen molar-refractivity contribution in [2.24, 2.45) is 0 Å². The van der Waals surface area contributed by atoms with Crippen LogP contribution < -0.4 is 5.56 Å². The van der Waals surface area contributed by atoms with Gasteiger partial charge < -0.3 is 0 Å². The molecule has 4 rings (SSSR count). The fraction of sp³-hybridized carbons (Fsp3) is 0.444. The Hall–Kier alpha value is -3.56. The highest BCUT2D eigenvalue weighted by atomic mass is 19.4. The van der Waals surface area contributed by atoms with E-state index in [1.807, 2.05) is 0 Å². The van der Waals surface area contributed by atoms with E-state index in [9.17, 15) is 18.0 Å². The van der Waals surface area contributed by atoms with Crippen LogP contribution in [0.4, 0.5) is 13.2 Å². The van der Waals surface area contributed by atoms with Gasteiger partial charge in [0.25, 0.3) is 5.56 Å². The van der Waals surface area contributed by atoms with Crippen molar-refractivity contribution >= 4 is 11.0 Å². The molecule has 0 aliphatic rings. The Bertz CT molecular complexity index is 1360. The molecule has 0 fully saturated rings. The molecule has 0 saturated carbocycles. The van der Waals surface area contributed by atoms with Gasteiger partial charge in [-0.3, -0.25) is 14.0 Å². The fourth-order valence-electron chi connectivity index (χ4n) is 4.35. The van der Waals surface area contributed by atoms with Gasteiger partial charge in [0.05, 0.1) is 29.4 Å². The standard InChI is InChI=1S/C27H31F3N6O/c1-2-3-4-5-6-7-8-12-15-36-18-21(33-34-36)17-35-19-31-25-24(26(35)37)22(27(28,29)30)16-23(32-25)20-13-10-9-11-14-20/h9-11,13-14,16,18-19H,2-8,12,15,17H2,1H3. The molecule has 0 aliphatic carbocycles. The zero-order valence-electron chi connectivity index (χ0n) is 20.9. The maximum Gasteiger partial charge on any atom is 0.417 e. The van der Waals surface area contributed by atoms with Crippen LogP contribution in [0, 0.1) is 0 Å². The topological polar surface area (TPSA) is 78.5 Å². The SMILES string of the molecule is CCCCCCCCCCn1cc(Cn2cnc3nc(-c4ccccc4)cc(C(F)(F)F)c3c2=O)nn1. The van der Waals surface area contributed by atoms with Crippen LogP contribution in [0.1, 0.15) is 69.5 Å². The van der Waals surface area contributed by atoms with E-state index in [4.69, 9.17) is 0 Å². The van der Waals surface area contributed by atoms with Crippen LogP contribution in [-0.4, -0.2) is 29.5 Å². The molecule has 0 spiro atoms. The first kappa shape index (κ1) is 26.5. The molecule has 4 aromatic rings. The van der Waals surface area contributed by atoms with Gasteiger partial charge in [0.15, 0.2) is 5.65 Å². The second-order valence-corrected chi connectivity index (χ2v) is 9.24. The van der Waals surface area contributed by atoms with Crippen LogP contribution in [0.25, 0.3) is 22.3 Å². The van der Waals surface area contributed by atoms with Crippen molar-refractivity contribution < 1.29 is 13.2 Å². The lowest BCUT2D eigenvalue weighted by Gasteiger charge is -2.13. The highest BCUT2D eigenvalue weighted by Crippen LogP contribution is 2.35. The molecule has 3 heterocycles. The number of aryl methyl sites for hydroxylation is 1. The Kier molecular flexibility index (Phi) is 8.68. The molecule has 37 heavy (non-hydrogen) atoms. The number of pyridine rings is 1. The molecule has 0 radical (unpaired) electrons. The number of fused-ring (bicyclic) bond motifs is 1. The molecule has 0 unspecified atom stereocenters. The Balaban J connectivity index is 1.48. The first-order valence-corrected chi connectivity index (χ1v) is 12.8. The van der Waals surface area contributed by atoms with E-state index in [2.05, 4.69) is 27.2 Å². The Morgan fingerprint density at radius 2 is 1.65 bits per heavy atom. The molecule has 0 amide bonds. The molecule has 196 valence electrons. The second kappa shape index (κ2) is 12.1. The first-order valence-electron chi connectivity index (χ1n) is 12.8. The van der Waals surface area contributed by atoms with E-state index in [1.54, 1.807) is 41.2 Å². The Labute approximate surface area is 213 Å². The fourth-order valence-corrected chi connectivity index (χ4v) is 4.35. The number of halogens is 3. The number of unbranched alkanes of at least 4 members (excludes halogenated alkanes) is 7. The third-order valence-electron chi connectivity index (χ3n) is 6.33. The van der Waals surface area contributed by atoms with Crippen molar-refractivity contribution in [2.75, 3.05) is 0 Å². The van der Waals surface area contributed by atoms with Crippen molar-refractivity contribution in [3.8, 4) is 11.3 Å². The maximum absolute atomic E-state index is 14.0. The predicted octanol–water partition coefficient (Wildman–Crippen LogP) is 6.26. The van der Waals surface area contributed by atoms with E-state index in [1.165, 1.54) is 44.9 Å².